The maximum absolute atomic E-state index is 12.6. The number of carbonyl (C=O) groups excluding carboxylic acids is 1. The fraction of sp³-hybridized carbons (Fsp3) is 0.345. The first-order chi connectivity index (χ1) is 17.8. The number of carbonyl (C=O) groups is 1. The number of nitrogens with zero attached hydrogens (tertiary/aromatic N) is 1. The van der Waals surface area contributed by atoms with Crippen LogP contribution in [-0.4, -0.2) is 58.3 Å². The molecule has 3 aromatic carbocycles. The molecule has 3 N–H and O–H groups in total. The van der Waals surface area contributed by atoms with E-state index in [-0.39, 0.29) is 11.9 Å². The number of ether oxygens (including phenoxy) is 1. The van der Waals surface area contributed by atoms with Crippen molar-refractivity contribution in [1.82, 2.24) is 15.5 Å². The summed E-state index contributed by atoms with van der Waals surface area (Å²) in [5.74, 6) is 0.989. The molecule has 0 aliphatic carbocycles. The number of benzene rings is 3. The fourth-order valence-electron chi connectivity index (χ4n) is 4.06. The van der Waals surface area contributed by atoms with Gasteiger partial charge in [-0.1, -0.05) is 59.6 Å². The summed E-state index contributed by atoms with van der Waals surface area (Å²) in [6, 6.07) is 21.2. The molecule has 0 bridgehead atoms. The second-order valence-electron chi connectivity index (χ2n) is 9.24. The van der Waals surface area contributed by atoms with Crippen LogP contribution < -0.4 is 20.7 Å². The van der Waals surface area contributed by atoms with Crippen molar-refractivity contribution in [2.75, 3.05) is 52.7 Å². The van der Waals surface area contributed by atoms with Crippen LogP contribution in [0.2, 0.25) is 10.0 Å². The van der Waals surface area contributed by atoms with Crippen LogP contribution in [0, 0.1) is 0 Å². The van der Waals surface area contributed by atoms with Crippen LogP contribution in [0.25, 0.3) is 11.1 Å². The Morgan fingerprint density at radius 3 is 2.14 bits per heavy atom. The number of nitrogens with one attached hydrogen (secondary N) is 3. The third-order valence-corrected chi connectivity index (χ3v) is 6.50. The Hall–Kier alpha value is -2.77. The van der Waals surface area contributed by atoms with Gasteiger partial charge in [0.2, 0.25) is 0 Å². The lowest BCUT2D eigenvalue weighted by molar-refractivity contribution is 0.251. The van der Waals surface area contributed by atoms with Crippen LogP contribution in [0.1, 0.15) is 24.3 Å². The highest BCUT2D eigenvalue weighted by Gasteiger charge is 2.14. The molecule has 0 aliphatic rings. The lowest BCUT2D eigenvalue weighted by Gasteiger charge is -2.20. The molecule has 198 valence electrons. The molecule has 1 unspecified atom stereocenters. The number of hydrogen-bond donors (Lipinski definition) is 3. The molecule has 0 aliphatic heterocycles. The van der Waals surface area contributed by atoms with Gasteiger partial charge in [0.1, 0.15) is 5.75 Å². The predicted molar refractivity (Wildman–Crippen MR) is 155 cm³/mol. The third kappa shape index (κ3) is 9.90. The standard InChI is InChI=1S/C29H36Cl2N4O2/c1-35(2)16-4-14-32-15-13-24(20-33-29(36)34-27-18-25(30)17-26(31)19-27)23-7-5-21(6-8-23)22-9-11-28(37-3)12-10-22/h5-12,17-19,24,32H,4,13-16,20H2,1-3H3,(H2,33,34,36). The van der Waals surface area contributed by atoms with E-state index in [2.05, 4.69) is 71.3 Å². The number of rotatable bonds is 13. The van der Waals surface area contributed by atoms with Crippen LogP contribution >= 0.6 is 23.2 Å². The van der Waals surface area contributed by atoms with E-state index in [1.165, 1.54) is 5.56 Å². The normalized spacial score (nSPS) is 11.8. The zero-order chi connectivity index (χ0) is 26.6. The Labute approximate surface area is 230 Å². The number of hydrogen-bond acceptors (Lipinski definition) is 4. The number of halogens is 2. The van der Waals surface area contributed by atoms with E-state index in [4.69, 9.17) is 27.9 Å². The molecule has 0 saturated heterocycles. The van der Waals surface area contributed by atoms with E-state index in [9.17, 15) is 4.79 Å². The van der Waals surface area contributed by atoms with E-state index < -0.39 is 0 Å². The SMILES string of the molecule is COc1ccc(-c2ccc(C(CCNCCCN(C)C)CNC(=O)Nc3cc(Cl)cc(Cl)c3)cc2)cc1. The maximum Gasteiger partial charge on any atom is 0.319 e. The number of urea groups is 1. The van der Waals surface area contributed by atoms with E-state index in [0.717, 1.165) is 49.4 Å². The van der Waals surface area contributed by atoms with Gasteiger partial charge in [0.15, 0.2) is 0 Å². The molecule has 0 heterocycles. The molecule has 8 heteroatoms. The van der Waals surface area contributed by atoms with Crippen LogP contribution in [0.3, 0.4) is 0 Å². The molecule has 0 spiro atoms. The van der Waals surface area contributed by atoms with Gasteiger partial charge in [-0.25, -0.2) is 4.79 Å². The molecular weight excluding hydrogens is 507 g/mol. The predicted octanol–water partition coefficient (Wildman–Crippen LogP) is 6.51. The highest BCUT2D eigenvalue weighted by molar-refractivity contribution is 6.35. The van der Waals surface area contributed by atoms with Crippen LogP contribution in [-0.2, 0) is 0 Å². The molecule has 0 radical (unpaired) electrons. The van der Waals surface area contributed by atoms with E-state index in [0.29, 0.717) is 22.3 Å². The topological polar surface area (TPSA) is 65.6 Å². The Balaban J connectivity index is 1.63. The Kier molecular flexibility index (Phi) is 11.5. The minimum atomic E-state index is -0.294. The summed E-state index contributed by atoms with van der Waals surface area (Å²) in [6.07, 6.45) is 1.99. The molecule has 37 heavy (non-hydrogen) atoms. The van der Waals surface area contributed by atoms with Gasteiger partial charge in [0.25, 0.3) is 0 Å². The molecular formula is C29H36Cl2N4O2. The smallest absolute Gasteiger partial charge is 0.319 e. The van der Waals surface area contributed by atoms with Crippen molar-refractivity contribution >= 4 is 34.9 Å². The highest BCUT2D eigenvalue weighted by Crippen LogP contribution is 2.26. The lowest BCUT2D eigenvalue weighted by atomic mass is 9.93. The minimum Gasteiger partial charge on any atom is -0.497 e. The summed E-state index contributed by atoms with van der Waals surface area (Å²) < 4.78 is 5.26. The van der Waals surface area contributed by atoms with Gasteiger partial charge in [-0.2, -0.15) is 0 Å². The van der Waals surface area contributed by atoms with E-state index in [1.807, 2.05) is 12.1 Å². The molecule has 0 fully saturated rings. The maximum atomic E-state index is 12.6. The Bertz CT molecular complexity index is 1100. The average Bonchev–Trinajstić information content (AvgIpc) is 2.87. The Morgan fingerprint density at radius 2 is 1.54 bits per heavy atom. The largest absolute Gasteiger partial charge is 0.497 e. The number of amides is 2. The zero-order valence-corrected chi connectivity index (χ0v) is 23.2. The van der Waals surface area contributed by atoms with Crippen molar-refractivity contribution in [2.45, 2.75) is 18.8 Å². The summed E-state index contributed by atoms with van der Waals surface area (Å²) in [4.78, 5) is 14.8. The van der Waals surface area contributed by atoms with Crippen LogP contribution in [0.4, 0.5) is 10.5 Å². The van der Waals surface area contributed by atoms with Gasteiger partial charge in [-0.3, -0.25) is 0 Å². The van der Waals surface area contributed by atoms with Crippen LogP contribution in [0.15, 0.2) is 66.7 Å². The summed E-state index contributed by atoms with van der Waals surface area (Å²) in [7, 11) is 5.83. The summed E-state index contributed by atoms with van der Waals surface area (Å²) in [6.45, 7) is 3.39. The summed E-state index contributed by atoms with van der Waals surface area (Å²) >= 11 is 12.1. The fourth-order valence-corrected chi connectivity index (χ4v) is 4.58. The second kappa shape index (κ2) is 14.8. The zero-order valence-electron chi connectivity index (χ0n) is 21.7. The van der Waals surface area contributed by atoms with E-state index >= 15 is 0 Å². The summed E-state index contributed by atoms with van der Waals surface area (Å²) in [5, 5.41) is 10.3. The minimum absolute atomic E-state index is 0.153. The van der Waals surface area contributed by atoms with Crippen molar-refractivity contribution in [3.05, 3.63) is 82.3 Å². The molecule has 6 nitrogen and oxygen atoms in total. The van der Waals surface area contributed by atoms with Crippen molar-refractivity contribution < 1.29 is 9.53 Å². The van der Waals surface area contributed by atoms with Crippen molar-refractivity contribution in [3.8, 4) is 16.9 Å². The molecule has 0 aromatic heterocycles. The lowest BCUT2D eigenvalue weighted by Crippen LogP contribution is -2.33. The van der Waals surface area contributed by atoms with Crippen molar-refractivity contribution in [2.24, 2.45) is 0 Å². The van der Waals surface area contributed by atoms with Gasteiger partial charge in [-0.15, -0.1) is 0 Å². The molecule has 0 saturated carbocycles. The van der Waals surface area contributed by atoms with E-state index in [1.54, 1.807) is 25.3 Å². The Morgan fingerprint density at radius 1 is 0.919 bits per heavy atom. The van der Waals surface area contributed by atoms with Crippen LogP contribution in [0.5, 0.6) is 5.75 Å². The monoisotopic (exact) mass is 542 g/mol. The molecule has 3 rings (SSSR count). The second-order valence-corrected chi connectivity index (χ2v) is 10.1. The number of methoxy groups -OCH3 is 1. The first-order valence-electron chi connectivity index (χ1n) is 12.4. The van der Waals surface area contributed by atoms with Gasteiger partial charge in [0.05, 0.1) is 7.11 Å². The first kappa shape index (κ1) is 28.8. The van der Waals surface area contributed by atoms with Gasteiger partial charge >= 0.3 is 6.03 Å². The average molecular weight is 544 g/mol. The quantitative estimate of drug-likeness (QED) is 0.215. The molecule has 1 atom stereocenters. The van der Waals surface area contributed by atoms with Gasteiger partial charge in [-0.05, 0) is 93.6 Å². The molecule has 2 amide bonds. The summed E-state index contributed by atoms with van der Waals surface area (Å²) in [5.41, 5.74) is 4.00. The highest BCUT2D eigenvalue weighted by atomic mass is 35.5. The van der Waals surface area contributed by atoms with Crippen molar-refractivity contribution in [1.29, 1.82) is 0 Å². The third-order valence-electron chi connectivity index (χ3n) is 6.06. The molecule has 3 aromatic rings. The van der Waals surface area contributed by atoms with Crippen molar-refractivity contribution in [3.63, 3.8) is 0 Å². The first-order valence-corrected chi connectivity index (χ1v) is 13.2. The number of anilines is 1. The van der Waals surface area contributed by atoms with Gasteiger partial charge in [0, 0.05) is 28.2 Å². The van der Waals surface area contributed by atoms with Gasteiger partial charge < -0.3 is 25.6 Å².